The van der Waals surface area contributed by atoms with Crippen LogP contribution in [0.15, 0.2) is 29.2 Å². The highest BCUT2D eigenvalue weighted by molar-refractivity contribution is 7.89. The normalized spacial score (nSPS) is 24.2. The predicted molar refractivity (Wildman–Crippen MR) is 87.6 cm³/mol. The smallest absolute Gasteiger partial charge is 0.310 e. The number of benzene rings is 1. The van der Waals surface area contributed by atoms with E-state index in [2.05, 4.69) is 0 Å². The number of urea groups is 1. The van der Waals surface area contributed by atoms with Crippen LogP contribution in [0.5, 0.6) is 0 Å². The van der Waals surface area contributed by atoms with Crippen LogP contribution in [-0.2, 0) is 21.4 Å². The maximum atomic E-state index is 12.7. The molecule has 3 amide bonds. The SMILES string of the molecule is CN(C)S(=O)(=O)c1cccc(CN2C(=O)N3CCC[C@]3(C)C2=O)c1. The second kappa shape index (κ2) is 5.56. The number of hydrogen-bond donors (Lipinski definition) is 0. The Morgan fingerprint density at radius 1 is 1.25 bits per heavy atom. The summed E-state index contributed by atoms with van der Waals surface area (Å²) in [4.78, 5) is 28.1. The van der Waals surface area contributed by atoms with Crippen LogP contribution in [0.1, 0.15) is 25.3 Å². The van der Waals surface area contributed by atoms with Crippen LogP contribution in [0.4, 0.5) is 4.79 Å². The molecule has 3 rings (SSSR count). The molecule has 0 bridgehead atoms. The van der Waals surface area contributed by atoms with Gasteiger partial charge in [-0.2, -0.15) is 0 Å². The van der Waals surface area contributed by atoms with E-state index in [1.54, 1.807) is 24.0 Å². The number of rotatable bonds is 4. The summed E-state index contributed by atoms with van der Waals surface area (Å²) in [5.74, 6) is -0.203. The van der Waals surface area contributed by atoms with Crippen molar-refractivity contribution < 1.29 is 18.0 Å². The summed E-state index contributed by atoms with van der Waals surface area (Å²) < 4.78 is 25.6. The Labute approximate surface area is 141 Å². The van der Waals surface area contributed by atoms with Crippen molar-refractivity contribution in [2.75, 3.05) is 20.6 Å². The van der Waals surface area contributed by atoms with Gasteiger partial charge in [0.25, 0.3) is 5.91 Å². The van der Waals surface area contributed by atoms with Gasteiger partial charge < -0.3 is 4.90 Å². The van der Waals surface area contributed by atoms with E-state index in [9.17, 15) is 18.0 Å². The zero-order valence-electron chi connectivity index (χ0n) is 14.0. The van der Waals surface area contributed by atoms with Crippen LogP contribution in [0.25, 0.3) is 0 Å². The Kier molecular flexibility index (Phi) is 3.92. The number of sulfonamides is 1. The molecule has 0 aliphatic carbocycles. The maximum absolute atomic E-state index is 12.7. The molecule has 1 aromatic rings. The maximum Gasteiger partial charge on any atom is 0.327 e. The molecule has 1 aromatic carbocycles. The molecule has 7 nitrogen and oxygen atoms in total. The fraction of sp³-hybridized carbons (Fsp3) is 0.500. The number of carbonyl (C=O) groups is 2. The zero-order chi connectivity index (χ0) is 17.7. The summed E-state index contributed by atoms with van der Waals surface area (Å²) in [5, 5.41) is 0. The summed E-state index contributed by atoms with van der Waals surface area (Å²) in [6, 6.07) is 6.08. The second-order valence-electron chi connectivity index (χ2n) is 6.64. The first-order valence-electron chi connectivity index (χ1n) is 7.83. The first kappa shape index (κ1) is 16.9. The summed E-state index contributed by atoms with van der Waals surface area (Å²) in [5.41, 5.74) is -0.130. The molecule has 0 saturated carbocycles. The molecule has 2 saturated heterocycles. The van der Waals surface area contributed by atoms with E-state index in [0.717, 1.165) is 10.7 Å². The summed E-state index contributed by atoms with van der Waals surface area (Å²) in [6.07, 6.45) is 1.50. The molecule has 8 heteroatoms. The lowest BCUT2D eigenvalue weighted by atomic mass is 9.99. The Morgan fingerprint density at radius 2 is 1.96 bits per heavy atom. The quantitative estimate of drug-likeness (QED) is 0.765. The molecule has 24 heavy (non-hydrogen) atoms. The molecule has 0 spiro atoms. The number of hydrogen-bond acceptors (Lipinski definition) is 4. The molecule has 1 atom stereocenters. The standard InChI is InChI=1S/C16H21N3O4S/c1-16-8-5-9-19(16)15(21)18(14(16)20)11-12-6-4-7-13(10-12)24(22,23)17(2)3/h4,6-7,10H,5,8-9,11H2,1-3H3/t16-/m1/s1. The van der Waals surface area contributed by atoms with E-state index in [0.29, 0.717) is 18.5 Å². The molecule has 2 heterocycles. The van der Waals surface area contributed by atoms with Gasteiger partial charge in [0, 0.05) is 20.6 Å². The summed E-state index contributed by atoms with van der Waals surface area (Å²) in [6.45, 7) is 2.47. The van der Waals surface area contributed by atoms with Gasteiger partial charge in [-0.15, -0.1) is 0 Å². The molecular weight excluding hydrogens is 330 g/mol. The van der Waals surface area contributed by atoms with E-state index in [1.165, 1.54) is 31.1 Å². The first-order chi connectivity index (χ1) is 11.2. The Bertz CT molecular complexity index is 805. The molecule has 2 aliphatic rings. The minimum atomic E-state index is -3.55. The van der Waals surface area contributed by atoms with Crippen molar-refractivity contribution in [3.8, 4) is 0 Å². The van der Waals surface area contributed by atoms with Gasteiger partial charge in [0.1, 0.15) is 5.54 Å². The monoisotopic (exact) mass is 351 g/mol. The predicted octanol–water partition coefficient (Wildman–Crippen LogP) is 1.25. The highest BCUT2D eigenvalue weighted by Crippen LogP contribution is 2.37. The third kappa shape index (κ3) is 2.41. The third-order valence-electron chi connectivity index (χ3n) is 4.83. The average Bonchev–Trinajstić information content (AvgIpc) is 3.00. The minimum Gasteiger partial charge on any atom is -0.310 e. The first-order valence-corrected chi connectivity index (χ1v) is 9.27. The summed E-state index contributed by atoms with van der Waals surface area (Å²) >= 11 is 0. The molecule has 0 N–H and O–H groups in total. The van der Waals surface area contributed by atoms with Crippen LogP contribution >= 0.6 is 0 Å². The van der Waals surface area contributed by atoms with Gasteiger partial charge in [-0.1, -0.05) is 12.1 Å². The average molecular weight is 351 g/mol. The number of amides is 3. The third-order valence-corrected chi connectivity index (χ3v) is 6.64. The Hall–Kier alpha value is -1.93. The van der Waals surface area contributed by atoms with E-state index >= 15 is 0 Å². The van der Waals surface area contributed by atoms with Gasteiger partial charge in [0.15, 0.2) is 0 Å². The number of nitrogens with zero attached hydrogens (tertiary/aromatic N) is 3. The zero-order valence-corrected chi connectivity index (χ0v) is 14.8. The summed E-state index contributed by atoms with van der Waals surface area (Å²) in [7, 11) is -0.626. The molecule has 0 radical (unpaired) electrons. The van der Waals surface area contributed by atoms with E-state index < -0.39 is 15.6 Å². The van der Waals surface area contributed by atoms with Crippen molar-refractivity contribution in [2.45, 2.75) is 36.7 Å². The van der Waals surface area contributed by atoms with Gasteiger partial charge >= 0.3 is 6.03 Å². The van der Waals surface area contributed by atoms with E-state index in [4.69, 9.17) is 0 Å². The van der Waals surface area contributed by atoms with Crippen molar-refractivity contribution in [3.63, 3.8) is 0 Å². The van der Waals surface area contributed by atoms with E-state index in [-0.39, 0.29) is 23.4 Å². The Balaban J connectivity index is 1.88. The number of fused-ring (bicyclic) bond motifs is 1. The van der Waals surface area contributed by atoms with Gasteiger partial charge in [-0.3, -0.25) is 9.69 Å². The molecule has 2 aliphatic heterocycles. The van der Waals surface area contributed by atoms with Crippen LogP contribution in [-0.4, -0.2) is 60.6 Å². The lowest BCUT2D eigenvalue weighted by Gasteiger charge is -2.22. The van der Waals surface area contributed by atoms with Crippen molar-refractivity contribution >= 4 is 22.0 Å². The number of carbonyl (C=O) groups excluding carboxylic acids is 2. The molecule has 0 aromatic heterocycles. The second-order valence-corrected chi connectivity index (χ2v) is 8.79. The van der Waals surface area contributed by atoms with Crippen LogP contribution in [0.2, 0.25) is 0 Å². The van der Waals surface area contributed by atoms with Crippen LogP contribution in [0.3, 0.4) is 0 Å². The lowest BCUT2D eigenvalue weighted by molar-refractivity contribution is -0.132. The topological polar surface area (TPSA) is 78.0 Å². The van der Waals surface area contributed by atoms with E-state index in [1.807, 2.05) is 0 Å². The lowest BCUT2D eigenvalue weighted by Crippen LogP contribution is -2.41. The number of imide groups is 1. The fourth-order valence-corrected chi connectivity index (χ4v) is 4.33. The van der Waals surface area contributed by atoms with Crippen molar-refractivity contribution in [2.24, 2.45) is 0 Å². The molecule has 130 valence electrons. The largest absolute Gasteiger partial charge is 0.327 e. The highest BCUT2D eigenvalue weighted by atomic mass is 32.2. The van der Waals surface area contributed by atoms with Crippen LogP contribution < -0.4 is 0 Å². The van der Waals surface area contributed by atoms with Gasteiger partial charge in [-0.05, 0) is 37.5 Å². The molecular formula is C16H21N3O4S. The fourth-order valence-electron chi connectivity index (χ4n) is 3.35. The minimum absolute atomic E-state index is 0.0839. The van der Waals surface area contributed by atoms with Crippen LogP contribution in [0, 0.1) is 0 Å². The molecule has 0 unspecified atom stereocenters. The van der Waals surface area contributed by atoms with Gasteiger partial charge in [0.2, 0.25) is 10.0 Å². The van der Waals surface area contributed by atoms with Gasteiger partial charge in [0.05, 0.1) is 11.4 Å². The van der Waals surface area contributed by atoms with Crippen molar-refractivity contribution in [1.82, 2.24) is 14.1 Å². The molecule has 2 fully saturated rings. The van der Waals surface area contributed by atoms with Crippen molar-refractivity contribution in [3.05, 3.63) is 29.8 Å². The van der Waals surface area contributed by atoms with Gasteiger partial charge in [-0.25, -0.2) is 17.5 Å². The highest BCUT2D eigenvalue weighted by Gasteiger charge is 2.56. The van der Waals surface area contributed by atoms with Crippen molar-refractivity contribution in [1.29, 1.82) is 0 Å². The Morgan fingerprint density at radius 3 is 2.58 bits per heavy atom.